The maximum Gasteiger partial charge on any atom is 0.260 e. The molecule has 194 valence electrons. The average molecular weight is 473 g/mol. The van der Waals surface area contributed by atoms with Crippen LogP contribution in [0.25, 0.3) is 0 Å². The van der Waals surface area contributed by atoms with Gasteiger partial charge in [-0.05, 0) is 12.8 Å². The van der Waals surface area contributed by atoms with Gasteiger partial charge in [-0.2, -0.15) is 0 Å². The second kappa shape index (κ2) is 12.4. The van der Waals surface area contributed by atoms with E-state index in [0.717, 1.165) is 37.1 Å². The lowest BCUT2D eigenvalue weighted by Gasteiger charge is -2.34. The van der Waals surface area contributed by atoms with Crippen LogP contribution in [0.15, 0.2) is 22.5 Å². The number of amides is 2. The Hall–Kier alpha value is -1.58. The van der Waals surface area contributed by atoms with Crippen molar-refractivity contribution >= 4 is 11.8 Å². The summed E-state index contributed by atoms with van der Waals surface area (Å²) < 4.78 is 0. The summed E-state index contributed by atoms with van der Waals surface area (Å²) in [6, 6.07) is 0. The van der Waals surface area contributed by atoms with Crippen LogP contribution in [-0.4, -0.2) is 34.7 Å². The molecule has 0 fully saturated rings. The average Bonchev–Trinajstić information content (AvgIpc) is 3.19. The van der Waals surface area contributed by atoms with Gasteiger partial charge in [0.25, 0.3) is 11.8 Å². The Morgan fingerprint density at radius 3 is 1.09 bits per heavy atom. The molecule has 2 rings (SSSR count). The summed E-state index contributed by atoms with van der Waals surface area (Å²) in [4.78, 5) is 31.6. The fourth-order valence-corrected chi connectivity index (χ4v) is 5.48. The molecule has 0 aromatic carbocycles. The minimum atomic E-state index is -0.260. The quantitative estimate of drug-likeness (QED) is 0.240. The third kappa shape index (κ3) is 6.76. The summed E-state index contributed by atoms with van der Waals surface area (Å²) in [5.74, 6) is 0.106. The van der Waals surface area contributed by atoms with E-state index in [4.69, 9.17) is 0 Å². The summed E-state index contributed by atoms with van der Waals surface area (Å²) in [6.45, 7) is 18.7. The number of allylic oxidation sites excluding steroid dienone is 2. The number of hydrogen-bond acceptors (Lipinski definition) is 2. The van der Waals surface area contributed by atoms with Gasteiger partial charge in [-0.1, -0.05) is 120 Å². The van der Waals surface area contributed by atoms with E-state index in [1.54, 1.807) is 0 Å². The standard InChI is InChI=1S/C30H52N2O2/c1-9-11-13-15-17-19-21-31-25(29(3,4)5)23-24(27(31)33)26(30(6,7)8)32(28(23)34)22-20-18-16-14-12-10-2/h9-22H2,1-8H3. The lowest BCUT2D eigenvalue weighted by atomic mass is 9.86. The normalized spacial score (nSPS) is 17.1. The monoisotopic (exact) mass is 472 g/mol. The Bertz CT molecular complexity index is 711. The van der Waals surface area contributed by atoms with Crippen LogP contribution in [0.1, 0.15) is 132 Å². The van der Waals surface area contributed by atoms with Crippen molar-refractivity contribution in [2.24, 2.45) is 10.8 Å². The summed E-state index contributed by atoms with van der Waals surface area (Å²) in [7, 11) is 0. The third-order valence-electron chi connectivity index (χ3n) is 7.07. The van der Waals surface area contributed by atoms with Gasteiger partial charge in [-0.25, -0.2) is 0 Å². The van der Waals surface area contributed by atoms with Gasteiger partial charge in [0.1, 0.15) is 0 Å². The maximum absolute atomic E-state index is 13.9. The van der Waals surface area contributed by atoms with Crippen LogP contribution in [0.2, 0.25) is 0 Å². The first-order chi connectivity index (χ1) is 16.0. The fourth-order valence-electron chi connectivity index (χ4n) is 5.48. The number of hydrogen-bond donors (Lipinski definition) is 0. The largest absolute Gasteiger partial charge is 0.311 e. The molecule has 0 saturated heterocycles. The molecule has 34 heavy (non-hydrogen) atoms. The minimum Gasteiger partial charge on any atom is -0.311 e. The molecule has 0 spiro atoms. The molecule has 0 N–H and O–H groups in total. The Labute approximate surface area is 210 Å². The summed E-state index contributed by atoms with van der Waals surface area (Å²) in [5, 5.41) is 0. The first-order valence-corrected chi connectivity index (χ1v) is 14.1. The lowest BCUT2D eigenvalue weighted by Crippen LogP contribution is -2.37. The highest BCUT2D eigenvalue weighted by Gasteiger charge is 2.52. The zero-order valence-corrected chi connectivity index (χ0v) is 23.6. The topological polar surface area (TPSA) is 40.6 Å². The summed E-state index contributed by atoms with van der Waals surface area (Å²) in [6.07, 6.45) is 14.3. The number of carbonyl (C=O) groups excluding carboxylic acids is 2. The van der Waals surface area contributed by atoms with Crippen molar-refractivity contribution in [3.8, 4) is 0 Å². The van der Waals surface area contributed by atoms with Crippen LogP contribution in [0.4, 0.5) is 0 Å². The van der Waals surface area contributed by atoms with Crippen molar-refractivity contribution in [2.75, 3.05) is 13.1 Å². The summed E-state index contributed by atoms with van der Waals surface area (Å²) >= 11 is 0. The summed E-state index contributed by atoms with van der Waals surface area (Å²) in [5.41, 5.74) is 2.75. The molecule has 4 heteroatoms. The molecule has 0 aliphatic carbocycles. The zero-order valence-electron chi connectivity index (χ0n) is 23.6. The second-order valence-electron chi connectivity index (χ2n) is 12.4. The highest BCUT2D eigenvalue weighted by Crippen LogP contribution is 2.49. The van der Waals surface area contributed by atoms with E-state index in [2.05, 4.69) is 55.4 Å². The van der Waals surface area contributed by atoms with Crippen molar-refractivity contribution in [2.45, 2.75) is 132 Å². The molecule has 2 aliphatic rings. The Morgan fingerprint density at radius 2 is 0.794 bits per heavy atom. The third-order valence-corrected chi connectivity index (χ3v) is 7.07. The molecule has 2 aliphatic heterocycles. The van der Waals surface area contributed by atoms with E-state index >= 15 is 0 Å². The van der Waals surface area contributed by atoms with Crippen LogP contribution >= 0.6 is 0 Å². The first-order valence-electron chi connectivity index (χ1n) is 14.1. The van der Waals surface area contributed by atoms with Gasteiger partial charge in [0.05, 0.1) is 11.1 Å². The maximum atomic E-state index is 13.9. The number of unbranched alkanes of at least 4 members (excludes halogenated alkanes) is 10. The molecule has 0 saturated carbocycles. The van der Waals surface area contributed by atoms with Gasteiger partial charge >= 0.3 is 0 Å². The number of rotatable bonds is 14. The van der Waals surface area contributed by atoms with E-state index < -0.39 is 0 Å². The van der Waals surface area contributed by atoms with Crippen molar-refractivity contribution in [1.82, 2.24) is 9.80 Å². The van der Waals surface area contributed by atoms with Crippen LogP contribution in [-0.2, 0) is 9.59 Å². The highest BCUT2D eigenvalue weighted by atomic mass is 16.2. The Balaban J connectivity index is 2.29. The Kier molecular flexibility index (Phi) is 10.5. The van der Waals surface area contributed by atoms with Crippen molar-refractivity contribution in [3.05, 3.63) is 22.5 Å². The van der Waals surface area contributed by atoms with Crippen LogP contribution in [0.5, 0.6) is 0 Å². The van der Waals surface area contributed by atoms with E-state index in [1.807, 2.05) is 9.80 Å². The SMILES string of the molecule is CCCCCCCCN1C(=O)C2=C(C(C)(C)C)N(CCCCCCCC)C(=O)C2=C1C(C)(C)C. The van der Waals surface area contributed by atoms with Crippen molar-refractivity contribution in [1.29, 1.82) is 0 Å². The molecule has 2 amide bonds. The minimum absolute atomic E-state index is 0.0530. The fraction of sp³-hybridized carbons (Fsp3) is 0.800. The molecule has 4 nitrogen and oxygen atoms in total. The van der Waals surface area contributed by atoms with Crippen molar-refractivity contribution < 1.29 is 9.59 Å². The van der Waals surface area contributed by atoms with Gasteiger partial charge in [0.2, 0.25) is 0 Å². The zero-order chi connectivity index (χ0) is 25.5. The van der Waals surface area contributed by atoms with E-state index in [9.17, 15) is 9.59 Å². The Morgan fingerprint density at radius 1 is 0.500 bits per heavy atom. The van der Waals surface area contributed by atoms with Gasteiger partial charge in [0.15, 0.2) is 0 Å². The number of nitrogens with zero attached hydrogens (tertiary/aromatic N) is 2. The first kappa shape index (κ1) is 28.7. The second-order valence-corrected chi connectivity index (χ2v) is 12.4. The molecule has 0 unspecified atom stereocenters. The molecule has 0 radical (unpaired) electrons. The van der Waals surface area contributed by atoms with Gasteiger partial charge in [-0.15, -0.1) is 0 Å². The van der Waals surface area contributed by atoms with Crippen LogP contribution < -0.4 is 0 Å². The van der Waals surface area contributed by atoms with E-state index in [0.29, 0.717) is 24.2 Å². The molecule has 0 aromatic heterocycles. The molecule has 0 aromatic rings. The predicted molar refractivity (Wildman–Crippen MR) is 143 cm³/mol. The van der Waals surface area contributed by atoms with Gasteiger partial charge in [0, 0.05) is 35.3 Å². The molecular formula is C30H52N2O2. The molecular weight excluding hydrogens is 420 g/mol. The predicted octanol–water partition coefficient (Wildman–Crippen LogP) is 7.99. The van der Waals surface area contributed by atoms with Crippen molar-refractivity contribution in [3.63, 3.8) is 0 Å². The number of carbonyl (C=O) groups is 2. The van der Waals surface area contributed by atoms with Gasteiger partial charge < -0.3 is 9.80 Å². The van der Waals surface area contributed by atoms with E-state index in [-0.39, 0.29) is 22.6 Å². The van der Waals surface area contributed by atoms with Crippen LogP contribution in [0, 0.1) is 10.8 Å². The molecule has 0 atom stereocenters. The lowest BCUT2D eigenvalue weighted by molar-refractivity contribution is -0.125. The highest BCUT2D eigenvalue weighted by molar-refractivity contribution is 6.19. The molecule has 0 bridgehead atoms. The number of fused-ring (bicyclic) bond motifs is 1. The smallest absolute Gasteiger partial charge is 0.260 e. The van der Waals surface area contributed by atoms with E-state index in [1.165, 1.54) is 51.4 Å². The van der Waals surface area contributed by atoms with Crippen LogP contribution in [0.3, 0.4) is 0 Å². The van der Waals surface area contributed by atoms with Gasteiger partial charge in [-0.3, -0.25) is 9.59 Å². The molecule has 2 heterocycles.